The van der Waals surface area contributed by atoms with Gasteiger partial charge in [0, 0.05) is 5.56 Å². The molecule has 4 nitrogen and oxygen atoms in total. The van der Waals surface area contributed by atoms with E-state index >= 15 is 0 Å². The van der Waals surface area contributed by atoms with Gasteiger partial charge < -0.3 is 4.74 Å². The highest BCUT2D eigenvalue weighted by molar-refractivity contribution is 5.62. The molecule has 99 valence electrons. The highest BCUT2D eigenvalue weighted by Gasteiger charge is 2.24. The molecule has 1 aliphatic carbocycles. The van der Waals surface area contributed by atoms with E-state index in [2.05, 4.69) is 34.2 Å². The van der Waals surface area contributed by atoms with Crippen molar-refractivity contribution >= 4 is 0 Å². The van der Waals surface area contributed by atoms with Crippen LogP contribution in [0.1, 0.15) is 43.2 Å². The Hall–Kier alpha value is -1.84. The van der Waals surface area contributed by atoms with Crippen molar-refractivity contribution in [1.29, 1.82) is 0 Å². The number of benzene rings is 1. The number of aromatic nitrogens is 3. The molecule has 0 unspecified atom stereocenters. The standard InChI is InChI=1S/C15H18N3O/c1-3-19-15-16-14(17-18-15)12-8-7-10(2)9-13(12)11-5-4-6-11/h8-9,11H,3-6H2,1-2H3,(H,16,17,18). The second-order valence-electron chi connectivity index (χ2n) is 5.02. The maximum absolute atomic E-state index is 5.33. The lowest BCUT2D eigenvalue weighted by Gasteiger charge is -2.27. The number of nitrogens with one attached hydrogen (secondary N) is 1. The van der Waals surface area contributed by atoms with Gasteiger partial charge in [-0.15, -0.1) is 5.10 Å². The Morgan fingerprint density at radius 3 is 2.95 bits per heavy atom. The Morgan fingerprint density at radius 1 is 1.42 bits per heavy atom. The van der Waals surface area contributed by atoms with E-state index in [9.17, 15) is 0 Å². The summed E-state index contributed by atoms with van der Waals surface area (Å²) in [5.41, 5.74) is 3.64. The third kappa shape index (κ3) is 2.35. The van der Waals surface area contributed by atoms with Gasteiger partial charge in [0.25, 0.3) is 0 Å². The van der Waals surface area contributed by atoms with Crippen molar-refractivity contribution < 1.29 is 4.74 Å². The molecule has 1 saturated carbocycles. The average molecular weight is 256 g/mol. The van der Waals surface area contributed by atoms with E-state index in [1.165, 1.54) is 30.4 Å². The van der Waals surface area contributed by atoms with Crippen LogP contribution in [0.5, 0.6) is 6.01 Å². The van der Waals surface area contributed by atoms with Gasteiger partial charge in [-0.3, -0.25) is 4.98 Å². The quantitative estimate of drug-likeness (QED) is 0.913. The van der Waals surface area contributed by atoms with Gasteiger partial charge in [0.2, 0.25) is 0 Å². The molecule has 0 bridgehead atoms. The van der Waals surface area contributed by atoms with Crippen LogP contribution in [0.4, 0.5) is 0 Å². The van der Waals surface area contributed by atoms with E-state index in [0.29, 0.717) is 18.5 Å². The van der Waals surface area contributed by atoms with Crippen molar-refractivity contribution in [3.05, 3.63) is 29.3 Å². The van der Waals surface area contributed by atoms with E-state index in [0.717, 1.165) is 11.4 Å². The molecule has 2 aromatic rings. The predicted octanol–water partition coefficient (Wildman–Crippen LogP) is 3.25. The van der Waals surface area contributed by atoms with Crippen molar-refractivity contribution in [3.63, 3.8) is 0 Å². The molecule has 1 fully saturated rings. The number of rotatable bonds is 4. The Balaban J connectivity index is 1.98. The molecular weight excluding hydrogens is 238 g/mol. The summed E-state index contributed by atoms with van der Waals surface area (Å²) in [7, 11) is 0. The largest absolute Gasteiger partial charge is 0.464 e. The first-order chi connectivity index (χ1) is 9.28. The molecule has 1 aliphatic rings. The molecule has 3 rings (SSSR count). The highest BCUT2D eigenvalue weighted by Crippen LogP contribution is 2.40. The number of aromatic amines is 1. The number of hydrogen-bond acceptors (Lipinski definition) is 3. The van der Waals surface area contributed by atoms with Gasteiger partial charge in [0.05, 0.1) is 6.61 Å². The Kier molecular flexibility index (Phi) is 3.23. The highest BCUT2D eigenvalue weighted by atomic mass is 16.5. The average Bonchev–Trinajstić information content (AvgIpc) is 2.76. The molecule has 0 aliphatic heterocycles. The van der Waals surface area contributed by atoms with E-state index in [1.807, 2.05) is 13.0 Å². The first-order valence-electron chi connectivity index (χ1n) is 6.86. The number of hydrogen-bond donors (Lipinski definition) is 1. The number of nitrogens with zero attached hydrogens (tertiary/aromatic N) is 2. The summed E-state index contributed by atoms with van der Waals surface area (Å²) in [6.45, 7) is 4.60. The van der Waals surface area contributed by atoms with Crippen molar-refractivity contribution in [1.82, 2.24) is 15.2 Å². The summed E-state index contributed by atoms with van der Waals surface area (Å²) in [6.07, 6.45) is 3.86. The first kappa shape index (κ1) is 12.2. The molecule has 1 N–H and O–H groups in total. The first-order valence-corrected chi connectivity index (χ1v) is 6.86. The zero-order valence-electron chi connectivity index (χ0n) is 11.4. The zero-order chi connectivity index (χ0) is 13.2. The normalized spacial score (nSPS) is 15.3. The summed E-state index contributed by atoms with van der Waals surface area (Å²) in [5, 5.41) is 8.19. The number of H-pyrrole nitrogens is 1. The van der Waals surface area contributed by atoms with Gasteiger partial charge in [0.1, 0.15) is 0 Å². The monoisotopic (exact) mass is 256 g/mol. The maximum Gasteiger partial charge on any atom is 0.314 e. The van der Waals surface area contributed by atoms with Gasteiger partial charge in [-0.05, 0) is 55.9 Å². The molecule has 4 heteroatoms. The van der Waals surface area contributed by atoms with Crippen molar-refractivity contribution in [2.75, 3.05) is 6.61 Å². The van der Waals surface area contributed by atoms with Crippen LogP contribution in [-0.2, 0) is 0 Å². The van der Waals surface area contributed by atoms with Gasteiger partial charge in [-0.2, -0.15) is 0 Å². The lowest BCUT2D eigenvalue weighted by atomic mass is 9.77. The molecule has 19 heavy (non-hydrogen) atoms. The molecule has 0 amide bonds. The van der Waals surface area contributed by atoms with Crippen molar-refractivity contribution in [2.45, 2.75) is 39.0 Å². The fraction of sp³-hybridized carbons (Fsp3) is 0.467. The Labute approximate surface area is 113 Å². The van der Waals surface area contributed by atoms with E-state index < -0.39 is 0 Å². The third-order valence-electron chi connectivity index (χ3n) is 3.67. The fourth-order valence-corrected chi connectivity index (χ4v) is 2.45. The van der Waals surface area contributed by atoms with Crippen molar-refractivity contribution in [3.8, 4) is 17.4 Å². The van der Waals surface area contributed by atoms with Crippen LogP contribution in [0.25, 0.3) is 11.4 Å². The molecular formula is C15H18N3O. The van der Waals surface area contributed by atoms with Crippen LogP contribution >= 0.6 is 0 Å². The van der Waals surface area contributed by atoms with Gasteiger partial charge in [-0.25, -0.2) is 0 Å². The lowest BCUT2D eigenvalue weighted by Crippen LogP contribution is -2.10. The lowest BCUT2D eigenvalue weighted by molar-refractivity contribution is 0.314. The predicted molar refractivity (Wildman–Crippen MR) is 73.2 cm³/mol. The molecule has 0 spiro atoms. The summed E-state index contributed by atoms with van der Waals surface area (Å²) in [5.74, 6) is 1.44. The van der Waals surface area contributed by atoms with Crippen LogP contribution in [-0.4, -0.2) is 21.8 Å². The smallest absolute Gasteiger partial charge is 0.314 e. The molecule has 0 atom stereocenters. The van der Waals surface area contributed by atoms with Crippen LogP contribution < -0.4 is 4.74 Å². The molecule has 1 heterocycles. The van der Waals surface area contributed by atoms with Crippen molar-refractivity contribution in [2.24, 2.45) is 0 Å². The minimum Gasteiger partial charge on any atom is -0.464 e. The third-order valence-corrected chi connectivity index (χ3v) is 3.67. The topological polar surface area (TPSA) is 50.8 Å². The van der Waals surface area contributed by atoms with Gasteiger partial charge in [-0.1, -0.05) is 17.6 Å². The minimum absolute atomic E-state index is 0.484. The second-order valence-corrected chi connectivity index (χ2v) is 5.02. The molecule has 1 aromatic heterocycles. The fourth-order valence-electron chi connectivity index (χ4n) is 2.45. The van der Waals surface area contributed by atoms with Crippen LogP contribution in [0.2, 0.25) is 0 Å². The minimum atomic E-state index is 0.484. The van der Waals surface area contributed by atoms with Crippen LogP contribution in [0, 0.1) is 13.0 Å². The summed E-state index contributed by atoms with van der Waals surface area (Å²) < 4.78 is 5.33. The van der Waals surface area contributed by atoms with E-state index in [1.54, 1.807) is 0 Å². The summed E-state index contributed by atoms with van der Waals surface area (Å²) in [6, 6.07) is 7.98. The van der Waals surface area contributed by atoms with Crippen LogP contribution in [0.3, 0.4) is 0 Å². The second kappa shape index (κ2) is 5.03. The molecule has 1 aromatic carbocycles. The number of ether oxygens (including phenoxy) is 1. The summed E-state index contributed by atoms with van der Waals surface area (Å²) in [4.78, 5) is 3.13. The Morgan fingerprint density at radius 2 is 2.26 bits per heavy atom. The molecule has 1 radical (unpaired) electrons. The van der Waals surface area contributed by atoms with Crippen LogP contribution in [0.15, 0.2) is 12.1 Å². The van der Waals surface area contributed by atoms with E-state index in [4.69, 9.17) is 4.74 Å². The van der Waals surface area contributed by atoms with Gasteiger partial charge >= 0.3 is 6.01 Å². The maximum atomic E-state index is 5.33. The van der Waals surface area contributed by atoms with Gasteiger partial charge in [0.15, 0.2) is 5.82 Å². The summed E-state index contributed by atoms with van der Waals surface area (Å²) >= 11 is 0. The number of aryl methyl sites for hydroxylation is 1. The van der Waals surface area contributed by atoms with E-state index in [-0.39, 0.29) is 0 Å². The Bertz CT molecular complexity index is 573. The molecule has 0 saturated heterocycles. The zero-order valence-corrected chi connectivity index (χ0v) is 11.4. The SMILES string of the molecule is CCOc1nnc(-c2c[c]c(C)cc2C2CCC2)[nH]1.